The molecular weight excluding hydrogens is 163 g/mol. The van der Waals surface area contributed by atoms with Gasteiger partial charge in [0.15, 0.2) is 0 Å². The Labute approximate surface area is 78.8 Å². The zero-order chi connectivity index (χ0) is 9.26. The average molecular weight is 178 g/mol. The summed E-state index contributed by atoms with van der Waals surface area (Å²) in [5.74, 6) is 0.583. The molecule has 0 unspecified atom stereocenters. The Morgan fingerprint density at radius 2 is 2.31 bits per heavy atom. The van der Waals surface area contributed by atoms with Crippen molar-refractivity contribution >= 4 is 0 Å². The first-order valence-corrected chi connectivity index (χ1v) is 5.09. The minimum atomic E-state index is -0.0875. The van der Waals surface area contributed by atoms with E-state index in [1.165, 1.54) is 30.4 Å². The van der Waals surface area contributed by atoms with Gasteiger partial charge in [-0.15, -0.1) is 0 Å². The normalized spacial score (nSPS) is 21.2. The molecule has 70 valence electrons. The van der Waals surface area contributed by atoms with Gasteiger partial charge >= 0.3 is 0 Å². The maximum atomic E-state index is 12.9. The Hall–Kier alpha value is -0.850. The van der Waals surface area contributed by atoms with Crippen molar-refractivity contribution in [2.75, 3.05) is 0 Å². The highest BCUT2D eigenvalue weighted by molar-refractivity contribution is 5.33. The standard InChI is InChI=1S/C12H15F/c1-2-9-4-3-5-10-8-11(13)6-7-12(9)10/h6-9H,2-5H2,1H3/t9-/m0/s1. The second-order valence-corrected chi connectivity index (χ2v) is 3.84. The Balaban J connectivity index is 2.40. The Kier molecular flexibility index (Phi) is 2.34. The third-order valence-corrected chi connectivity index (χ3v) is 3.04. The first-order valence-electron chi connectivity index (χ1n) is 5.09. The third kappa shape index (κ3) is 1.60. The quantitative estimate of drug-likeness (QED) is 0.615. The minimum absolute atomic E-state index is 0.0875. The van der Waals surface area contributed by atoms with Gasteiger partial charge in [0.05, 0.1) is 0 Å². The Morgan fingerprint density at radius 1 is 1.46 bits per heavy atom. The minimum Gasteiger partial charge on any atom is -0.207 e. The van der Waals surface area contributed by atoms with Gasteiger partial charge in [0.1, 0.15) is 5.82 Å². The molecule has 1 atom stereocenters. The molecule has 0 aliphatic heterocycles. The number of benzene rings is 1. The molecule has 1 aromatic rings. The first kappa shape index (κ1) is 8.74. The van der Waals surface area contributed by atoms with E-state index in [9.17, 15) is 4.39 Å². The lowest BCUT2D eigenvalue weighted by Crippen LogP contribution is -2.09. The van der Waals surface area contributed by atoms with E-state index in [4.69, 9.17) is 0 Å². The fourth-order valence-electron chi connectivity index (χ4n) is 2.31. The molecule has 0 bridgehead atoms. The van der Waals surface area contributed by atoms with Gasteiger partial charge in [-0.2, -0.15) is 0 Å². The molecule has 13 heavy (non-hydrogen) atoms. The maximum Gasteiger partial charge on any atom is 0.123 e. The predicted octanol–water partition coefficient (Wildman–Crippen LogP) is 3.66. The SMILES string of the molecule is CC[C@H]1CCCc2cc(F)ccc21. The Bertz CT molecular complexity index is 304. The van der Waals surface area contributed by atoms with Gasteiger partial charge in [-0.3, -0.25) is 0 Å². The molecule has 0 fully saturated rings. The largest absolute Gasteiger partial charge is 0.207 e. The highest BCUT2D eigenvalue weighted by Crippen LogP contribution is 2.33. The van der Waals surface area contributed by atoms with Gasteiger partial charge in [-0.05, 0) is 54.9 Å². The molecule has 0 amide bonds. The van der Waals surface area contributed by atoms with Crippen LogP contribution in [0.1, 0.15) is 43.2 Å². The summed E-state index contributed by atoms with van der Waals surface area (Å²) in [6, 6.07) is 5.27. The van der Waals surface area contributed by atoms with Gasteiger partial charge in [-0.1, -0.05) is 13.0 Å². The summed E-state index contributed by atoms with van der Waals surface area (Å²) >= 11 is 0. The summed E-state index contributed by atoms with van der Waals surface area (Å²) in [4.78, 5) is 0. The lowest BCUT2D eigenvalue weighted by atomic mass is 9.81. The molecule has 0 nitrogen and oxygen atoms in total. The maximum absolute atomic E-state index is 12.9. The van der Waals surface area contributed by atoms with Crippen molar-refractivity contribution in [2.45, 2.75) is 38.5 Å². The van der Waals surface area contributed by atoms with E-state index in [1.807, 2.05) is 6.07 Å². The fraction of sp³-hybridized carbons (Fsp3) is 0.500. The molecule has 0 radical (unpaired) electrons. The van der Waals surface area contributed by atoms with Crippen LogP contribution in [-0.2, 0) is 6.42 Å². The molecular formula is C12H15F. The summed E-state index contributed by atoms with van der Waals surface area (Å²) in [7, 11) is 0. The molecule has 0 aromatic heterocycles. The summed E-state index contributed by atoms with van der Waals surface area (Å²) < 4.78 is 12.9. The predicted molar refractivity (Wildman–Crippen MR) is 52.4 cm³/mol. The van der Waals surface area contributed by atoms with Crippen LogP contribution in [0.5, 0.6) is 0 Å². The van der Waals surface area contributed by atoms with Gasteiger partial charge < -0.3 is 0 Å². The van der Waals surface area contributed by atoms with Crippen molar-refractivity contribution in [1.82, 2.24) is 0 Å². The molecule has 1 aliphatic carbocycles. The van der Waals surface area contributed by atoms with Crippen molar-refractivity contribution in [3.63, 3.8) is 0 Å². The molecule has 1 aromatic carbocycles. The topological polar surface area (TPSA) is 0 Å². The van der Waals surface area contributed by atoms with Crippen LogP contribution in [0.15, 0.2) is 18.2 Å². The van der Waals surface area contributed by atoms with Crippen LogP contribution < -0.4 is 0 Å². The lowest BCUT2D eigenvalue weighted by Gasteiger charge is -2.24. The van der Waals surface area contributed by atoms with Crippen LogP contribution in [0.4, 0.5) is 4.39 Å². The molecule has 1 aliphatic rings. The van der Waals surface area contributed by atoms with Crippen LogP contribution in [0.25, 0.3) is 0 Å². The Morgan fingerprint density at radius 3 is 3.08 bits per heavy atom. The van der Waals surface area contributed by atoms with E-state index in [0.717, 1.165) is 6.42 Å². The molecule has 0 heterocycles. The second kappa shape index (κ2) is 3.49. The van der Waals surface area contributed by atoms with Gasteiger partial charge in [-0.25, -0.2) is 4.39 Å². The van der Waals surface area contributed by atoms with E-state index >= 15 is 0 Å². The van der Waals surface area contributed by atoms with E-state index < -0.39 is 0 Å². The molecule has 1 heteroatoms. The average Bonchev–Trinajstić information content (AvgIpc) is 2.16. The molecule has 2 rings (SSSR count). The highest BCUT2D eigenvalue weighted by atomic mass is 19.1. The van der Waals surface area contributed by atoms with E-state index in [1.54, 1.807) is 12.1 Å². The summed E-state index contributed by atoms with van der Waals surface area (Å²) in [5.41, 5.74) is 2.62. The van der Waals surface area contributed by atoms with Crippen molar-refractivity contribution in [3.05, 3.63) is 35.1 Å². The zero-order valence-corrected chi connectivity index (χ0v) is 8.02. The first-order chi connectivity index (χ1) is 6.31. The van der Waals surface area contributed by atoms with Gasteiger partial charge in [0.2, 0.25) is 0 Å². The lowest BCUT2D eigenvalue weighted by molar-refractivity contribution is 0.533. The van der Waals surface area contributed by atoms with Crippen LogP contribution in [0.3, 0.4) is 0 Å². The molecule has 0 saturated carbocycles. The van der Waals surface area contributed by atoms with Crippen LogP contribution in [0.2, 0.25) is 0 Å². The van der Waals surface area contributed by atoms with Crippen molar-refractivity contribution in [3.8, 4) is 0 Å². The van der Waals surface area contributed by atoms with E-state index in [0.29, 0.717) is 5.92 Å². The van der Waals surface area contributed by atoms with Crippen molar-refractivity contribution < 1.29 is 4.39 Å². The number of aryl methyl sites for hydroxylation is 1. The number of halogens is 1. The van der Waals surface area contributed by atoms with Crippen molar-refractivity contribution in [2.24, 2.45) is 0 Å². The van der Waals surface area contributed by atoms with Crippen LogP contribution in [-0.4, -0.2) is 0 Å². The van der Waals surface area contributed by atoms with Crippen LogP contribution >= 0.6 is 0 Å². The second-order valence-electron chi connectivity index (χ2n) is 3.84. The van der Waals surface area contributed by atoms with Crippen LogP contribution in [0, 0.1) is 5.82 Å². The van der Waals surface area contributed by atoms with Gasteiger partial charge in [0.25, 0.3) is 0 Å². The van der Waals surface area contributed by atoms with Crippen molar-refractivity contribution in [1.29, 1.82) is 0 Å². The number of hydrogen-bond acceptors (Lipinski definition) is 0. The molecule has 0 spiro atoms. The highest BCUT2D eigenvalue weighted by Gasteiger charge is 2.18. The van der Waals surface area contributed by atoms with E-state index in [-0.39, 0.29) is 5.82 Å². The smallest absolute Gasteiger partial charge is 0.123 e. The molecule has 0 saturated heterocycles. The summed E-state index contributed by atoms with van der Waals surface area (Å²) in [6.45, 7) is 2.21. The zero-order valence-electron chi connectivity index (χ0n) is 8.02. The fourth-order valence-corrected chi connectivity index (χ4v) is 2.31. The third-order valence-electron chi connectivity index (χ3n) is 3.04. The summed E-state index contributed by atoms with van der Waals surface area (Å²) in [5, 5.41) is 0. The molecule has 0 N–H and O–H groups in total. The number of fused-ring (bicyclic) bond motifs is 1. The van der Waals surface area contributed by atoms with Gasteiger partial charge in [0, 0.05) is 0 Å². The summed E-state index contributed by atoms with van der Waals surface area (Å²) in [6.07, 6.45) is 4.73. The monoisotopic (exact) mass is 178 g/mol. The number of rotatable bonds is 1. The number of hydrogen-bond donors (Lipinski definition) is 0. The van der Waals surface area contributed by atoms with E-state index in [2.05, 4.69) is 6.92 Å².